The first-order valence-corrected chi connectivity index (χ1v) is 6.06. The summed E-state index contributed by atoms with van der Waals surface area (Å²) in [4.78, 5) is 0. The van der Waals surface area contributed by atoms with Gasteiger partial charge in [0.2, 0.25) is 0 Å². The van der Waals surface area contributed by atoms with Crippen molar-refractivity contribution in [3.8, 4) is 0 Å². The number of halogens is 1. The summed E-state index contributed by atoms with van der Waals surface area (Å²) in [5, 5.41) is 0.922. The van der Waals surface area contributed by atoms with Crippen LogP contribution in [-0.4, -0.2) is 0 Å². The molecule has 1 aliphatic rings. The number of rotatable bonds is 1. The molecule has 0 bridgehead atoms. The van der Waals surface area contributed by atoms with Crippen LogP contribution in [0.25, 0.3) is 0 Å². The zero-order valence-corrected chi connectivity index (χ0v) is 10.0. The average molecular weight is 221 g/mol. The molecule has 80 valence electrons. The monoisotopic (exact) mass is 220 g/mol. The second kappa shape index (κ2) is 4.40. The molecule has 0 spiro atoms. The van der Waals surface area contributed by atoms with Gasteiger partial charge in [-0.25, -0.2) is 0 Å². The second-order valence-corrected chi connectivity index (χ2v) is 4.70. The summed E-state index contributed by atoms with van der Waals surface area (Å²) in [7, 11) is 0. The number of hydrogen-bond donors (Lipinski definition) is 0. The van der Waals surface area contributed by atoms with E-state index >= 15 is 0 Å². The highest BCUT2D eigenvalue weighted by atomic mass is 35.5. The fourth-order valence-electron chi connectivity index (χ4n) is 2.40. The van der Waals surface area contributed by atoms with Crippen LogP contribution in [0.5, 0.6) is 0 Å². The molecular weight excluding hydrogens is 204 g/mol. The molecule has 15 heavy (non-hydrogen) atoms. The average Bonchev–Trinajstić information content (AvgIpc) is 2.41. The van der Waals surface area contributed by atoms with Crippen molar-refractivity contribution >= 4 is 11.6 Å². The number of fused-ring (bicyclic) bond motifs is 1. The Morgan fingerprint density at radius 3 is 2.80 bits per heavy atom. The van der Waals surface area contributed by atoms with Crippen LogP contribution >= 0.6 is 11.6 Å². The summed E-state index contributed by atoms with van der Waals surface area (Å²) in [5.74, 6) is 0. The van der Waals surface area contributed by atoms with E-state index in [4.69, 9.17) is 11.6 Å². The van der Waals surface area contributed by atoms with Gasteiger partial charge in [-0.2, -0.15) is 0 Å². The number of aryl methyl sites for hydroxylation is 1. The Morgan fingerprint density at radius 1 is 1.27 bits per heavy atom. The van der Waals surface area contributed by atoms with Gasteiger partial charge in [0, 0.05) is 5.02 Å². The van der Waals surface area contributed by atoms with E-state index in [2.05, 4.69) is 19.6 Å². The van der Waals surface area contributed by atoms with Gasteiger partial charge in [-0.15, -0.1) is 0 Å². The molecule has 0 radical (unpaired) electrons. The molecule has 0 nitrogen and oxygen atoms in total. The Morgan fingerprint density at radius 2 is 2.07 bits per heavy atom. The van der Waals surface area contributed by atoms with Crippen molar-refractivity contribution in [3.63, 3.8) is 0 Å². The zero-order chi connectivity index (χ0) is 10.8. The smallest absolute Gasteiger partial charge is 0.0444 e. The Balaban J connectivity index is 2.52. The molecule has 1 heteroatoms. The fourth-order valence-corrected chi connectivity index (χ4v) is 2.64. The van der Waals surface area contributed by atoms with E-state index < -0.39 is 0 Å². The minimum Gasteiger partial charge on any atom is -0.0995 e. The molecule has 1 aliphatic carbocycles. The number of benzene rings is 1. The van der Waals surface area contributed by atoms with E-state index in [0.717, 1.165) is 30.7 Å². The van der Waals surface area contributed by atoms with Gasteiger partial charge in [-0.3, -0.25) is 0 Å². The van der Waals surface area contributed by atoms with E-state index in [9.17, 15) is 0 Å². The van der Waals surface area contributed by atoms with E-state index in [0.29, 0.717) is 0 Å². The minimum atomic E-state index is 0.922. The van der Waals surface area contributed by atoms with E-state index in [1.54, 1.807) is 0 Å². The molecule has 2 rings (SSSR count). The van der Waals surface area contributed by atoms with Gasteiger partial charge >= 0.3 is 0 Å². The Kier molecular flexibility index (Phi) is 3.16. The van der Waals surface area contributed by atoms with Crippen LogP contribution in [0.1, 0.15) is 36.5 Å². The maximum absolute atomic E-state index is 6.27. The maximum atomic E-state index is 6.27. The van der Waals surface area contributed by atoms with Gasteiger partial charge < -0.3 is 0 Å². The minimum absolute atomic E-state index is 0.922. The molecule has 0 saturated carbocycles. The predicted molar refractivity (Wildman–Crippen MR) is 66.6 cm³/mol. The second-order valence-electron chi connectivity index (χ2n) is 4.30. The fraction of sp³-hybridized carbons (Fsp3) is 0.429. The Hall–Kier alpha value is -0.750. The first-order chi connectivity index (χ1) is 7.22. The van der Waals surface area contributed by atoms with E-state index in [-0.39, 0.29) is 0 Å². The molecule has 0 aliphatic heterocycles. The quantitative estimate of drug-likeness (QED) is 0.488. The summed E-state index contributed by atoms with van der Waals surface area (Å²) in [6.07, 6.45) is 5.61. The van der Waals surface area contributed by atoms with Crippen LogP contribution in [-0.2, 0) is 19.3 Å². The van der Waals surface area contributed by atoms with Gasteiger partial charge in [-0.1, -0.05) is 36.7 Å². The molecule has 0 heterocycles. The third-order valence-electron chi connectivity index (χ3n) is 3.24. The van der Waals surface area contributed by atoms with Crippen molar-refractivity contribution in [1.82, 2.24) is 0 Å². The molecule has 1 aromatic rings. The van der Waals surface area contributed by atoms with Gasteiger partial charge in [-0.05, 0) is 54.9 Å². The van der Waals surface area contributed by atoms with Crippen molar-refractivity contribution in [2.45, 2.75) is 39.0 Å². The van der Waals surface area contributed by atoms with Crippen molar-refractivity contribution in [1.29, 1.82) is 0 Å². The number of allylic oxidation sites excluding steroid dienone is 1. The predicted octanol–water partition coefficient (Wildman–Crippen LogP) is 4.34. The van der Waals surface area contributed by atoms with Crippen molar-refractivity contribution < 1.29 is 0 Å². The van der Waals surface area contributed by atoms with Crippen LogP contribution in [0, 0.1) is 0 Å². The number of hydrogen-bond acceptors (Lipinski definition) is 0. The lowest BCUT2D eigenvalue weighted by molar-refractivity contribution is 0.821. The Labute approximate surface area is 97.0 Å². The molecule has 0 saturated heterocycles. The van der Waals surface area contributed by atoms with E-state index in [1.165, 1.54) is 28.7 Å². The molecule has 1 aromatic carbocycles. The lowest BCUT2D eigenvalue weighted by Crippen LogP contribution is -1.98. The summed E-state index contributed by atoms with van der Waals surface area (Å²) in [6.45, 7) is 6.32. The first kappa shape index (κ1) is 10.8. The summed E-state index contributed by atoms with van der Waals surface area (Å²) in [6, 6.07) is 4.22. The summed E-state index contributed by atoms with van der Waals surface area (Å²) < 4.78 is 0. The third-order valence-corrected chi connectivity index (χ3v) is 3.59. The summed E-state index contributed by atoms with van der Waals surface area (Å²) in [5.41, 5.74) is 5.61. The van der Waals surface area contributed by atoms with Crippen LogP contribution in [0.2, 0.25) is 5.02 Å². The van der Waals surface area contributed by atoms with Gasteiger partial charge in [0.25, 0.3) is 0 Å². The molecule has 0 fully saturated rings. The standard InChI is InChI=1S/C14H17Cl/c1-3-11-7-8-14(15)13-9-10(2)5-4-6-12(11)13/h7-8H,2-6,9H2,1H3. The SMILES string of the molecule is C=C1CCCc2c(CC)ccc(Cl)c2C1. The van der Waals surface area contributed by atoms with Crippen molar-refractivity contribution in [2.75, 3.05) is 0 Å². The Bertz CT molecular complexity index is 391. The van der Waals surface area contributed by atoms with Crippen LogP contribution in [0.3, 0.4) is 0 Å². The highest BCUT2D eigenvalue weighted by Crippen LogP contribution is 2.31. The van der Waals surface area contributed by atoms with Crippen LogP contribution in [0.15, 0.2) is 24.3 Å². The van der Waals surface area contributed by atoms with E-state index in [1.807, 2.05) is 6.07 Å². The topological polar surface area (TPSA) is 0 Å². The van der Waals surface area contributed by atoms with Crippen molar-refractivity contribution in [3.05, 3.63) is 46.0 Å². The molecule has 0 N–H and O–H groups in total. The molecule has 0 aromatic heterocycles. The molecular formula is C14H17Cl. The maximum Gasteiger partial charge on any atom is 0.0444 e. The van der Waals surface area contributed by atoms with Gasteiger partial charge in [0.05, 0.1) is 0 Å². The van der Waals surface area contributed by atoms with Gasteiger partial charge in [0.1, 0.15) is 0 Å². The largest absolute Gasteiger partial charge is 0.0995 e. The van der Waals surface area contributed by atoms with Crippen molar-refractivity contribution in [2.24, 2.45) is 0 Å². The van der Waals surface area contributed by atoms with Crippen LogP contribution in [0.4, 0.5) is 0 Å². The first-order valence-electron chi connectivity index (χ1n) is 5.68. The lowest BCUT2D eigenvalue weighted by atomic mass is 9.95. The van der Waals surface area contributed by atoms with Crippen LogP contribution < -0.4 is 0 Å². The third kappa shape index (κ3) is 2.10. The molecule has 0 atom stereocenters. The zero-order valence-electron chi connectivity index (χ0n) is 9.28. The highest BCUT2D eigenvalue weighted by molar-refractivity contribution is 6.31. The summed E-state index contributed by atoms with van der Waals surface area (Å²) >= 11 is 6.27. The lowest BCUT2D eigenvalue weighted by Gasteiger charge is -2.12. The molecule has 0 unspecified atom stereocenters. The normalized spacial score (nSPS) is 16.0. The van der Waals surface area contributed by atoms with Gasteiger partial charge in [0.15, 0.2) is 0 Å². The highest BCUT2D eigenvalue weighted by Gasteiger charge is 2.15. The molecule has 0 amide bonds.